The highest BCUT2D eigenvalue weighted by Gasteiger charge is 2.30. The highest BCUT2D eigenvalue weighted by Crippen LogP contribution is 2.32. The fourth-order valence-electron chi connectivity index (χ4n) is 1.61. The van der Waals surface area contributed by atoms with E-state index in [9.17, 15) is 18.0 Å². The highest BCUT2D eigenvalue weighted by atomic mass is 35.5. The summed E-state index contributed by atoms with van der Waals surface area (Å²) in [6.07, 6.45) is -3.35. The molecule has 7 heteroatoms. The standard InChI is InChI=1S/C13H7ClF3NO2/c14-11-10(5-8(6-18-11)12(19)20)7-1-3-9(4-2-7)13(15,16)17/h1-6H,(H,19,20). The van der Waals surface area contributed by atoms with Crippen LogP contribution in [0, 0.1) is 0 Å². The number of alkyl halides is 3. The van der Waals surface area contributed by atoms with Gasteiger partial charge in [0.15, 0.2) is 0 Å². The summed E-state index contributed by atoms with van der Waals surface area (Å²) in [6.45, 7) is 0. The van der Waals surface area contributed by atoms with E-state index in [1.807, 2.05) is 0 Å². The maximum absolute atomic E-state index is 12.5. The van der Waals surface area contributed by atoms with Crippen molar-refractivity contribution in [2.75, 3.05) is 0 Å². The number of nitrogens with zero attached hydrogens (tertiary/aromatic N) is 1. The zero-order valence-corrected chi connectivity index (χ0v) is 10.5. The number of hydrogen-bond donors (Lipinski definition) is 1. The van der Waals surface area contributed by atoms with Crippen molar-refractivity contribution >= 4 is 17.6 Å². The Kier molecular flexibility index (Phi) is 3.67. The number of carbonyl (C=O) groups is 1. The van der Waals surface area contributed by atoms with Crippen LogP contribution < -0.4 is 0 Å². The lowest BCUT2D eigenvalue weighted by molar-refractivity contribution is -0.137. The molecule has 20 heavy (non-hydrogen) atoms. The topological polar surface area (TPSA) is 50.2 Å². The molecule has 0 aliphatic rings. The molecule has 0 unspecified atom stereocenters. The Labute approximate surface area is 116 Å². The van der Waals surface area contributed by atoms with Gasteiger partial charge < -0.3 is 5.11 Å². The van der Waals surface area contributed by atoms with Gasteiger partial charge in [0.1, 0.15) is 5.15 Å². The molecule has 1 aromatic heterocycles. The van der Waals surface area contributed by atoms with Gasteiger partial charge in [-0.2, -0.15) is 13.2 Å². The van der Waals surface area contributed by atoms with Crippen LogP contribution in [0.3, 0.4) is 0 Å². The first-order valence-corrected chi connectivity index (χ1v) is 5.73. The van der Waals surface area contributed by atoms with Gasteiger partial charge in [0.05, 0.1) is 11.1 Å². The maximum atomic E-state index is 12.5. The molecule has 0 spiro atoms. The first kappa shape index (κ1) is 14.3. The minimum absolute atomic E-state index is 0.0229. The molecule has 0 bridgehead atoms. The molecule has 3 nitrogen and oxygen atoms in total. The third-order valence-electron chi connectivity index (χ3n) is 2.61. The largest absolute Gasteiger partial charge is 0.478 e. The number of rotatable bonds is 2. The number of aromatic carboxylic acids is 1. The van der Waals surface area contributed by atoms with E-state index in [0.29, 0.717) is 5.56 Å². The normalized spacial score (nSPS) is 11.4. The van der Waals surface area contributed by atoms with Crippen molar-refractivity contribution in [2.45, 2.75) is 6.18 Å². The average Bonchev–Trinajstić information content (AvgIpc) is 2.38. The molecular formula is C13H7ClF3NO2. The van der Waals surface area contributed by atoms with Crippen molar-refractivity contribution in [3.05, 3.63) is 52.8 Å². The molecule has 2 aromatic rings. The predicted molar refractivity (Wildman–Crippen MR) is 66.6 cm³/mol. The lowest BCUT2D eigenvalue weighted by Crippen LogP contribution is -2.04. The zero-order valence-electron chi connectivity index (χ0n) is 9.78. The van der Waals surface area contributed by atoms with Crippen LogP contribution in [0.4, 0.5) is 13.2 Å². The lowest BCUT2D eigenvalue weighted by atomic mass is 10.0. The van der Waals surface area contributed by atoms with Crippen LogP contribution in [0.15, 0.2) is 36.5 Å². The van der Waals surface area contributed by atoms with Gasteiger partial charge in [0.25, 0.3) is 0 Å². The number of halogens is 4. The van der Waals surface area contributed by atoms with Crippen LogP contribution in [0.1, 0.15) is 15.9 Å². The average molecular weight is 302 g/mol. The van der Waals surface area contributed by atoms with E-state index in [2.05, 4.69) is 4.98 Å². The molecule has 1 N–H and O–H groups in total. The second-order valence-corrected chi connectivity index (χ2v) is 4.30. The van der Waals surface area contributed by atoms with Crippen molar-refractivity contribution < 1.29 is 23.1 Å². The van der Waals surface area contributed by atoms with E-state index in [4.69, 9.17) is 16.7 Å². The van der Waals surface area contributed by atoms with E-state index < -0.39 is 17.7 Å². The quantitative estimate of drug-likeness (QED) is 0.849. The van der Waals surface area contributed by atoms with Crippen LogP contribution in [-0.4, -0.2) is 16.1 Å². The SMILES string of the molecule is O=C(O)c1cnc(Cl)c(-c2ccc(C(F)(F)F)cc2)c1. The molecular weight excluding hydrogens is 295 g/mol. The minimum Gasteiger partial charge on any atom is -0.478 e. The second-order valence-electron chi connectivity index (χ2n) is 3.94. The maximum Gasteiger partial charge on any atom is 0.416 e. The molecule has 1 aromatic carbocycles. The Bertz CT molecular complexity index is 654. The highest BCUT2D eigenvalue weighted by molar-refractivity contribution is 6.32. The molecule has 0 saturated heterocycles. The molecule has 0 aliphatic heterocycles. The number of hydrogen-bond acceptors (Lipinski definition) is 2. The van der Waals surface area contributed by atoms with Crippen molar-refractivity contribution in [3.8, 4) is 11.1 Å². The third-order valence-corrected chi connectivity index (χ3v) is 2.91. The summed E-state index contributed by atoms with van der Waals surface area (Å²) >= 11 is 5.84. The molecule has 0 amide bonds. The summed E-state index contributed by atoms with van der Waals surface area (Å²) in [5.41, 5.74) is -0.261. The van der Waals surface area contributed by atoms with Gasteiger partial charge in [-0.05, 0) is 23.8 Å². The van der Waals surface area contributed by atoms with Gasteiger partial charge in [0.2, 0.25) is 0 Å². The Morgan fingerprint density at radius 3 is 2.30 bits per heavy atom. The van der Waals surface area contributed by atoms with E-state index >= 15 is 0 Å². The molecule has 104 valence electrons. The molecule has 0 aliphatic carbocycles. The van der Waals surface area contributed by atoms with Crippen LogP contribution in [0.25, 0.3) is 11.1 Å². The molecule has 0 radical (unpaired) electrons. The number of benzene rings is 1. The first-order valence-electron chi connectivity index (χ1n) is 5.35. The number of pyridine rings is 1. The fourth-order valence-corrected chi connectivity index (χ4v) is 1.82. The van der Waals surface area contributed by atoms with Crippen molar-refractivity contribution in [2.24, 2.45) is 0 Å². The van der Waals surface area contributed by atoms with Crippen molar-refractivity contribution in [3.63, 3.8) is 0 Å². The van der Waals surface area contributed by atoms with Crippen LogP contribution >= 0.6 is 11.6 Å². The van der Waals surface area contributed by atoms with Gasteiger partial charge in [0, 0.05) is 11.8 Å². The summed E-state index contributed by atoms with van der Waals surface area (Å²) in [6, 6.07) is 5.51. The zero-order chi connectivity index (χ0) is 14.9. The Morgan fingerprint density at radius 2 is 1.80 bits per heavy atom. The Morgan fingerprint density at radius 1 is 1.20 bits per heavy atom. The van der Waals surface area contributed by atoms with Crippen LogP contribution in [0.2, 0.25) is 5.15 Å². The van der Waals surface area contributed by atoms with Gasteiger partial charge in [-0.3, -0.25) is 0 Å². The van der Waals surface area contributed by atoms with Gasteiger partial charge >= 0.3 is 12.1 Å². The summed E-state index contributed by atoms with van der Waals surface area (Å²) in [5, 5.41) is 8.89. The van der Waals surface area contributed by atoms with E-state index in [-0.39, 0.29) is 16.3 Å². The van der Waals surface area contributed by atoms with Crippen LogP contribution in [0.5, 0.6) is 0 Å². The summed E-state index contributed by atoms with van der Waals surface area (Å²) in [7, 11) is 0. The van der Waals surface area contributed by atoms with E-state index in [1.54, 1.807) is 0 Å². The fraction of sp³-hybridized carbons (Fsp3) is 0.0769. The van der Waals surface area contributed by atoms with Gasteiger partial charge in [-0.25, -0.2) is 9.78 Å². The molecule has 0 fully saturated rings. The Balaban J connectivity index is 2.46. The monoisotopic (exact) mass is 301 g/mol. The van der Waals surface area contributed by atoms with E-state index in [0.717, 1.165) is 18.3 Å². The number of aromatic nitrogens is 1. The summed E-state index contributed by atoms with van der Waals surface area (Å²) in [5.74, 6) is -1.19. The van der Waals surface area contributed by atoms with Gasteiger partial charge in [-0.1, -0.05) is 23.7 Å². The first-order chi connectivity index (χ1) is 9.29. The van der Waals surface area contributed by atoms with Crippen LogP contribution in [-0.2, 0) is 6.18 Å². The minimum atomic E-state index is -4.43. The number of carboxylic acid groups (broad SMARTS) is 1. The number of carboxylic acids is 1. The lowest BCUT2D eigenvalue weighted by Gasteiger charge is -2.09. The smallest absolute Gasteiger partial charge is 0.416 e. The summed E-state index contributed by atoms with van der Waals surface area (Å²) in [4.78, 5) is 14.6. The third kappa shape index (κ3) is 2.91. The predicted octanol–water partition coefficient (Wildman–Crippen LogP) is 4.12. The molecule has 2 rings (SSSR count). The van der Waals surface area contributed by atoms with Gasteiger partial charge in [-0.15, -0.1) is 0 Å². The Hall–Kier alpha value is -2.08. The molecule has 1 heterocycles. The van der Waals surface area contributed by atoms with Crippen molar-refractivity contribution in [1.82, 2.24) is 4.98 Å². The summed E-state index contributed by atoms with van der Waals surface area (Å²) < 4.78 is 37.4. The second kappa shape index (κ2) is 5.13. The van der Waals surface area contributed by atoms with E-state index in [1.165, 1.54) is 18.2 Å². The molecule has 0 atom stereocenters. The molecule has 0 saturated carbocycles. The van der Waals surface area contributed by atoms with Crippen molar-refractivity contribution in [1.29, 1.82) is 0 Å².